The molecular formula is C31H42F2O3. The van der Waals surface area contributed by atoms with Gasteiger partial charge in [0.15, 0.2) is 11.5 Å². The van der Waals surface area contributed by atoms with Gasteiger partial charge in [0.05, 0.1) is 5.92 Å². The van der Waals surface area contributed by atoms with Crippen molar-refractivity contribution in [3.05, 3.63) is 48.6 Å². The lowest BCUT2D eigenvalue weighted by Gasteiger charge is -2.45. The maximum atomic E-state index is 14.5. The Balaban J connectivity index is 1.24. The van der Waals surface area contributed by atoms with Crippen LogP contribution in [0.5, 0.6) is 11.5 Å². The first-order valence-corrected chi connectivity index (χ1v) is 14.0. The zero-order valence-corrected chi connectivity index (χ0v) is 21.7. The minimum absolute atomic E-state index is 0.147. The molecule has 0 N–H and O–H groups in total. The Kier molecular flexibility index (Phi) is 9.61. The van der Waals surface area contributed by atoms with Crippen molar-refractivity contribution in [1.29, 1.82) is 0 Å². The molecule has 0 radical (unpaired) electrons. The van der Waals surface area contributed by atoms with E-state index in [4.69, 9.17) is 9.47 Å². The molecule has 0 amide bonds. The summed E-state index contributed by atoms with van der Waals surface area (Å²) in [6.07, 6.45) is 19.8. The van der Waals surface area contributed by atoms with Gasteiger partial charge in [-0.05, 0) is 119 Å². The Morgan fingerprint density at radius 2 is 1.53 bits per heavy atom. The van der Waals surface area contributed by atoms with Gasteiger partial charge < -0.3 is 9.47 Å². The molecule has 0 heterocycles. The van der Waals surface area contributed by atoms with Crippen molar-refractivity contribution in [3.8, 4) is 11.5 Å². The second-order valence-electron chi connectivity index (χ2n) is 11.2. The highest BCUT2D eigenvalue weighted by Gasteiger charge is 2.39. The van der Waals surface area contributed by atoms with Gasteiger partial charge in [-0.25, -0.2) is 0 Å². The highest BCUT2D eigenvalue weighted by molar-refractivity contribution is 5.75. The zero-order chi connectivity index (χ0) is 25.5. The molecule has 3 fully saturated rings. The summed E-state index contributed by atoms with van der Waals surface area (Å²) in [7, 11) is 0. The van der Waals surface area contributed by atoms with Crippen LogP contribution in [0.4, 0.5) is 8.78 Å². The van der Waals surface area contributed by atoms with Crippen molar-refractivity contribution in [2.45, 2.75) is 84.0 Å². The predicted molar refractivity (Wildman–Crippen MR) is 139 cm³/mol. The van der Waals surface area contributed by atoms with Crippen molar-refractivity contribution in [1.82, 2.24) is 0 Å². The summed E-state index contributed by atoms with van der Waals surface area (Å²) in [5, 5.41) is 0. The summed E-state index contributed by atoms with van der Waals surface area (Å²) in [5.41, 5.74) is 0. The lowest BCUT2D eigenvalue weighted by molar-refractivity contribution is -0.140. The van der Waals surface area contributed by atoms with Crippen LogP contribution in [0.25, 0.3) is 0 Å². The normalized spacial score (nSPS) is 30.5. The maximum Gasteiger partial charge on any atom is 0.314 e. The summed E-state index contributed by atoms with van der Waals surface area (Å²) in [5.74, 6) is 0.589. The quantitative estimate of drug-likeness (QED) is 0.194. The van der Waals surface area contributed by atoms with E-state index in [2.05, 4.69) is 12.7 Å². The van der Waals surface area contributed by atoms with Crippen LogP contribution in [-0.2, 0) is 4.79 Å². The Morgan fingerprint density at radius 1 is 0.917 bits per heavy atom. The van der Waals surface area contributed by atoms with Gasteiger partial charge in [-0.3, -0.25) is 4.79 Å². The molecule has 0 saturated heterocycles. The van der Waals surface area contributed by atoms with E-state index < -0.39 is 17.6 Å². The number of allylic oxidation sites excluding steroid dienone is 2. The molecule has 0 aliphatic heterocycles. The SMILES string of the molecule is C=CCCC1CCC2CC(C3CCC(C(=O)Oc4ccc(OC/C=C/C)c(F)c4F)CC3)CCC2C1. The molecule has 3 aliphatic carbocycles. The molecule has 1 aromatic rings. The van der Waals surface area contributed by atoms with Crippen LogP contribution in [0, 0.1) is 47.1 Å². The lowest BCUT2D eigenvalue weighted by Crippen LogP contribution is -2.35. The van der Waals surface area contributed by atoms with Crippen LogP contribution in [-0.4, -0.2) is 12.6 Å². The molecule has 4 rings (SSSR count). The second-order valence-corrected chi connectivity index (χ2v) is 11.2. The summed E-state index contributed by atoms with van der Waals surface area (Å²) >= 11 is 0. The first-order chi connectivity index (χ1) is 17.5. The number of esters is 1. The first-order valence-electron chi connectivity index (χ1n) is 14.0. The number of rotatable bonds is 9. The molecule has 3 saturated carbocycles. The van der Waals surface area contributed by atoms with Gasteiger partial charge in [0.1, 0.15) is 6.61 Å². The highest BCUT2D eigenvalue weighted by Crippen LogP contribution is 2.49. The molecule has 4 atom stereocenters. The lowest BCUT2D eigenvalue weighted by atomic mass is 9.60. The topological polar surface area (TPSA) is 35.5 Å². The largest absolute Gasteiger partial charge is 0.486 e. The van der Waals surface area contributed by atoms with E-state index in [0.29, 0.717) is 5.92 Å². The van der Waals surface area contributed by atoms with Gasteiger partial charge in [0, 0.05) is 0 Å². The Labute approximate surface area is 215 Å². The second kappa shape index (κ2) is 12.9. The van der Waals surface area contributed by atoms with E-state index in [1.54, 1.807) is 12.2 Å². The number of hydrogen-bond acceptors (Lipinski definition) is 3. The van der Waals surface area contributed by atoms with Crippen molar-refractivity contribution in [3.63, 3.8) is 0 Å². The van der Waals surface area contributed by atoms with Crippen LogP contribution in [0.1, 0.15) is 84.0 Å². The minimum atomic E-state index is -1.18. The molecule has 3 nitrogen and oxygen atoms in total. The zero-order valence-electron chi connectivity index (χ0n) is 21.7. The predicted octanol–water partition coefficient (Wildman–Crippen LogP) is 8.43. The van der Waals surface area contributed by atoms with E-state index >= 15 is 0 Å². The van der Waals surface area contributed by atoms with Crippen LogP contribution in [0.15, 0.2) is 36.9 Å². The van der Waals surface area contributed by atoms with Gasteiger partial charge in [-0.1, -0.05) is 24.6 Å². The van der Waals surface area contributed by atoms with E-state index in [0.717, 1.165) is 55.8 Å². The average molecular weight is 501 g/mol. The molecule has 1 aromatic carbocycles. The summed E-state index contributed by atoms with van der Waals surface area (Å²) < 4.78 is 39.3. The van der Waals surface area contributed by atoms with Gasteiger partial charge in [0.2, 0.25) is 11.6 Å². The van der Waals surface area contributed by atoms with Crippen molar-refractivity contribution in [2.24, 2.45) is 35.5 Å². The van der Waals surface area contributed by atoms with Gasteiger partial charge in [-0.15, -0.1) is 6.58 Å². The van der Waals surface area contributed by atoms with Gasteiger partial charge in [-0.2, -0.15) is 8.78 Å². The Hall–Kier alpha value is -2.17. The van der Waals surface area contributed by atoms with Crippen molar-refractivity contribution < 1.29 is 23.0 Å². The van der Waals surface area contributed by atoms with Gasteiger partial charge >= 0.3 is 5.97 Å². The maximum absolute atomic E-state index is 14.5. The molecule has 0 spiro atoms. The number of benzene rings is 1. The van der Waals surface area contributed by atoms with Crippen LogP contribution in [0.3, 0.4) is 0 Å². The number of hydrogen-bond donors (Lipinski definition) is 0. The van der Waals surface area contributed by atoms with Crippen molar-refractivity contribution >= 4 is 5.97 Å². The van der Waals surface area contributed by atoms with E-state index in [1.807, 2.05) is 6.92 Å². The smallest absolute Gasteiger partial charge is 0.314 e. The monoisotopic (exact) mass is 500 g/mol. The van der Waals surface area contributed by atoms with Crippen LogP contribution >= 0.6 is 0 Å². The van der Waals surface area contributed by atoms with Crippen LogP contribution < -0.4 is 9.47 Å². The summed E-state index contributed by atoms with van der Waals surface area (Å²) in [6.45, 7) is 5.84. The number of ether oxygens (including phenoxy) is 2. The number of fused-ring (bicyclic) bond motifs is 1. The molecule has 3 aliphatic rings. The fraction of sp³-hybridized carbons (Fsp3) is 0.645. The number of carbonyl (C=O) groups excluding carboxylic acids is 1. The Bertz CT molecular complexity index is 919. The minimum Gasteiger partial charge on any atom is -0.486 e. The van der Waals surface area contributed by atoms with E-state index in [9.17, 15) is 13.6 Å². The third-order valence-corrected chi connectivity index (χ3v) is 9.11. The number of halogens is 2. The number of carbonyl (C=O) groups is 1. The van der Waals surface area contributed by atoms with Crippen molar-refractivity contribution in [2.75, 3.05) is 6.61 Å². The fourth-order valence-electron chi connectivity index (χ4n) is 7.02. The average Bonchev–Trinajstić information content (AvgIpc) is 2.91. The fourth-order valence-corrected chi connectivity index (χ4v) is 7.02. The molecule has 4 unspecified atom stereocenters. The third kappa shape index (κ3) is 6.58. The highest BCUT2D eigenvalue weighted by atomic mass is 19.2. The Morgan fingerprint density at radius 3 is 2.25 bits per heavy atom. The molecule has 5 heteroatoms. The molecule has 0 bridgehead atoms. The molecule has 36 heavy (non-hydrogen) atoms. The van der Waals surface area contributed by atoms with Gasteiger partial charge in [0.25, 0.3) is 0 Å². The van der Waals surface area contributed by atoms with Crippen LogP contribution in [0.2, 0.25) is 0 Å². The molecule has 0 aromatic heterocycles. The summed E-state index contributed by atoms with van der Waals surface area (Å²) in [4.78, 5) is 12.7. The summed E-state index contributed by atoms with van der Waals surface area (Å²) in [6, 6.07) is 2.59. The third-order valence-electron chi connectivity index (χ3n) is 9.11. The standard InChI is InChI=1S/C31H42F2O3/c1-3-5-7-21-8-9-26-20-25(15-14-24(26)19-21)22-10-12-23(13-11-22)31(34)36-28-17-16-27(29(32)30(28)33)35-18-6-4-2/h3-4,6,16-17,21-26H,1,5,7-15,18-20H2,2H3/b6-4+. The molecule has 198 valence electrons. The van der Waals surface area contributed by atoms with E-state index in [1.165, 1.54) is 57.1 Å². The first kappa shape index (κ1) is 26.9. The molecular weight excluding hydrogens is 458 g/mol. The van der Waals surface area contributed by atoms with E-state index in [-0.39, 0.29) is 24.0 Å².